The standard InChI is InChI=1S/C14H19NO2.ClH/c1-16-13-5-4-11(8-12(13)15)17-14-7-9-2-3-10(14)6-9;/h4-5,8-10,14H,2-3,6-7,15H2,1H3;1H. The van der Waals surface area contributed by atoms with Gasteiger partial charge in [-0.15, -0.1) is 12.4 Å². The van der Waals surface area contributed by atoms with Crippen molar-refractivity contribution in [1.29, 1.82) is 0 Å². The maximum atomic E-state index is 6.05. The molecule has 3 unspecified atom stereocenters. The number of hydrogen-bond donors (Lipinski definition) is 1. The van der Waals surface area contributed by atoms with E-state index in [4.69, 9.17) is 15.2 Å². The fourth-order valence-corrected chi connectivity index (χ4v) is 3.29. The topological polar surface area (TPSA) is 44.5 Å². The van der Waals surface area contributed by atoms with Crippen LogP contribution in [0.2, 0.25) is 0 Å². The number of rotatable bonds is 3. The average Bonchev–Trinajstić information content (AvgIpc) is 2.91. The minimum Gasteiger partial charge on any atom is -0.495 e. The summed E-state index contributed by atoms with van der Waals surface area (Å²) in [4.78, 5) is 0. The van der Waals surface area contributed by atoms with Gasteiger partial charge in [0.25, 0.3) is 0 Å². The van der Waals surface area contributed by atoms with Crippen molar-refractivity contribution >= 4 is 18.1 Å². The molecular formula is C14H20ClNO2. The molecular weight excluding hydrogens is 250 g/mol. The number of halogens is 1. The van der Waals surface area contributed by atoms with Gasteiger partial charge in [-0.2, -0.15) is 0 Å². The number of fused-ring (bicyclic) bond motifs is 2. The zero-order valence-corrected chi connectivity index (χ0v) is 11.4. The predicted molar refractivity (Wildman–Crippen MR) is 74.5 cm³/mol. The van der Waals surface area contributed by atoms with Crippen LogP contribution in [0.4, 0.5) is 5.69 Å². The largest absolute Gasteiger partial charge is 0.495 e. The molecule has 3 rings (SSSR count). The molecule has 0 amide bonds. The Morgan fingerprint density at radius 2 is 2.06 bits per heavy atom. The van der Waals surface area contributed by atoms with Crippen molar-refractivity contribution in [2.24, 2.45) is 11.8 Å². The average molecular weight is 270 g/mol. The summed E-state index contributed by atoms with van der Waals surface area (Å²) in [7, 11) is 1.63. The van der Waals surface area contributed by atoms with Gasteiger partial charge in [0.05, 0.1) is 12.8 Å². The Labute approximate surface area is 114 Å². The first-order valence-corrected chi connectivity index (χ1v) is 6.36. The Hall–Kier alpha value is -1.09. The lowest BCUT2D eigenvalue weighted by molar-refractivity contribution is 0.138. The molecule has 1 aromatic rings. The van der Waals surface area contributed by atoms with Crippen LogP contribution in [0.1, 0.15) is 25.7 Å². The predicted octanol–water partition coefficient (Wildman–Crippen LogP) is 3.27. The second-order valence-corrected chi connectivity index (χ2v) is 5.23. The van der Waals surface area contributed by atoms with Crippen LogP contribution in [-0.2, 0) is 0 Å². The SMILES string of the molecule is COc1ccc(OC2CC3CCC2C3)cc1N.Cl. The van der Waals surface area contributed by atoms with Crippen LogP contribution in [0, 0.1) is 11.8 Å². The molecule has 0 saturated heterocycles. The third-order valence-corrected chi connectivity index (χ3v) is 4.16. The van der Waals surface area contributed by atoms with Crippen LogP contribution in [0.15, 0.2) is 18.2 Å². The van der Waals surface area contributed by atoms with Gasteiger partial charge in [-0.05, 0) is 49.7 Å². The summed E-state index contributed by atoms with van der Waals surface area (Å²) >= 11 is 0. The lowest BCUT2D eigenvalue weighted by Gasteiger charge is -2.23. The Balaban J connectivity index is 0.00000120. The van der Waals surface area contributed by atoms with Gasteiger partial charge in [-0.25, -0.2) is 0 Å². The van der Waals surface area contributed by atoms with Gasteiger partial charge >= 0.3 is 0 Å². The van der Waals surface area contributed by atoms with Crippen LogP contribution in [-0.4, -0.2) is 13.2 Å². The van der Waals surface area contributed by atoms with E-state index in [9.17, 15) is 0 Å². The molecule has 2 aliphatic rings. The highest BCUT2D eigenvalue weighted by atomic mass is 35.5. The first-order chi connectivity index (χ1) is 8.26. The molecule has 4 heteroatoms. The normalized spacial score (nSPS) is 28.8. The minimum absolute atomic E-state index is 0. The van der Waals surface area contributed by atoms with Gasteiger partial charge in [-0.3, -0.25) is 0 Å². The molecule has 2 fully saturated rings. The van der Waals surface area contributed by atoms with Crippen molar-refractivity contribution in [1.82, 2.24) is 0 Å². The summed E-state index contributed by atoms with van der Waals surface area (Å²) in [6.45, 7) is 0. The van der Waals surface area contributed by atoms with Crippen molar-refractivity contribution < 1.29 is 9.47 Å². The molecule has 0 aromatic heterocycles. The molecule has 0 spiro atoms. The fraction of sp³-hybridized carbons (Fsp3) is 0.571. The second kappa shape index (κ2) is 5.27. The molecule has 18 heavy (non-hydrogen) atoms. The van der Waals surface area contributed by atoms with Gasteiger partial charge in [-0.1, -0.05) is 0 Å². The van der Waals surface area contributed by atoms with Gasteiger partial charge in [0.1, 0.15) is 17.6 Å². The highest BCUT2D eigenvalue weighted by molar-refractivity contribution is 5.85. The van der Waals surface area contributed by atoms with Crippen molar-refractivity contribution in [3.8, 4) is 11.5 Å². The third kappa shape index (κ3) is 2.37. The quantitative estimate of drug-likeness (QED) is 0.857. The van der Waals surface area contributed by atoms with E-state index in [0.29, 0.717) is 17.5 Å². The van der Waals surface area contributed by atoms with E-state index < -0.39 is 0 Å². The number of benzene rings is 1. The summed E-state index contributed by atoms with van der Waals surface area (Å²) in [6.07, 6.45) is 5.71. The molecule has 1 aromatic carbocycles. The van der Waals surface area contributed by atoms with Crippen LogP contribution in [0.5, 0.6) is 11.5 Å². The molecule has 0 radical (unpaired) electrons. The van der Waals surface area contributed by atoms with Crippen molar-refractivity contribution in [2.45, 2.75) is 31.8 Å². The smallest absolute Gasteiger partial charge is 0.142 e. The van der Waals surface area contributed by atoms with E-state index in [1.165, 1.54) is 25.7 Å². The maximum Gasteiger partial charge on any atom is 0.142 e. The summed E-state index contributed by atoms with van der Waals surface area (Å²) in [6, 6.07) is 5.68. The molecule has 2 aliphatic carbocycles. The Morgan fingerprint density at radius 1 is 1.22 bits per heavy atom. The van der Waals surface area contributed by atoms with Gasteiger partial charge in [0.15, 0.2) is 0 Å². The lowest BCUT2D eigenvalue weighted by atomic mass is 9.98. The third-order valence-electron chi connectivity index (χ3n) is 4.16. The zero-order chi connectivity index (χ0) is 11.8. The van der Waals surface area contributed by atoms with Crippen molar-refractivity contribution in [3.63, 3.8) is 0 Å². The Kier molecular flexibility index (Phi) is 3.91. The van der Waals surface area contributed by atoms with Gasteiger partial charge in [0.2, 0.25) is 0 Å². The molecule has 100 valence electrons. The van der Waals surface area contributed by atoms with Crippen LogP contribution < -0.4 is 15.2 Å². The van der Waals surface area contributed by atoms with E-state index in [1.54, 1.807) is 7.11 Å². The second-order valence-electron chi connectivity index (χ2n) is 5.23. The molecule has 2 bridgehead atoms. The number of anilines is 1. The first kappa shape index (κ1) is 13.3. The van der Waals surface area contributed by atoms with E-state index >= 15 is 0 Å². The fourth-order valence-electron chi connectivity index (χ4n) is 3.29. The highest BCUT2D eigenvalue weighted by Crippen LogP contribution is 2.46. The molecule has 3 nitrogen and oxygen atoms in total. The van der Waals surface area contributed by atoms with Gasteiger partial charge < -0.3 is 15.2 Å². The summed E-state index contributed by atoms with van der Waals surface area (Å²) in [5, 5.41) is 0. The molecule has 0 aliphatic heterocycles. The molecule has 0 heterocycles. The van der Waals surface area contributed by atoms with Crippen LogP contribution >= 0.6 is 12.4 Å². The number of ether oxygens (including phenoxy) is 2. The monoisotopic (exact) mass is 269 g/mol. The summed E-state index contributed by atoms with van der Waals surface area (Å²) in [5.74, 6) is 3.26. The van der Waals surface area contributed by atoms with E-state index in [-0.39, 0.29) is 12.4 Å². The number of hydrogen-bond acceptors (Lipinski definition) is 3. The van der Waals surface area contributed by atoms with Crippen LogP contribution in [0.3, 0.4) is 0 Å². The number of nitrogens with two attached hydrogens (primary N) is 1. The minimum atomic E-state index is 0. The summed E-state index contributed by atoms with van der Waals surface area (Å²) < 4.78 is 11.2. The highest BCUT2D eigenvalue weighted by Gasteiger charge is 2.40. The van der Waals surface area contributed by atoms with E-state index in [0.717, 1.165) is 17.6 Å². The molecule has 3 atom stereocenters. The van der Waals surface area contributed by atoms with Crippen molar-refractivity contribution in [3.05, 3.63) is 18.2 Å². The van der Waals surface area contributed by atoms with E-state index in [2.05, 4.69) is 0 Å². The number of nitrogen functional groups attached to an aromatic ring is 1. The Bertz CT molecular complexity index is 424. The van der Waals surface area contributed by atoms with Gasteiger partial charge in [0, 0.05) is 6.07 Å². The first-order valence-electron chi connectivity index (χ1n) is 6.36. The molecule has 2 N–H and O–H groups in total. The van der Waals surface area contributed by atoms with Crippen molar-refractivity contribution in [2.75, 3.05) is 12.8 Å². The zero-order valence-electron chi connectivity index (χ0n) is 10.6. The van der Waals surface area contributed by atoms with E-state index in [1.807, 2.05) is 18.2 Å². The number of methoxy groups -OCH3 is 1. The molecule has 2 saturated carbocycles. The lowest BCUT2D eigenvalue weighted by Crippen LogP contribution is -2.23. The Morgan fingerprint density at radius 3 is 2.61 bits per heavy atom. The maximum absolute atomic E-state index is 6.05. The summed E-state index contributed by atoms with van der Waals surface area (Å²) in [5.41, 5.74) is 6.52. The van der Waals surface area contributed by atoms with Crippen LogP contribution in [0.25, 0.3) is 0 Å².